The Balaban J connectivity index is 2.03. The number of hydrogen-bond acceptors (Lipinski definition) is 2. The van der Waals surface area contributed by atoms with Crippen molar-refractivity contribution in [2.45, 2.75) is 52.6 Å². The Labute approximate surface area is 124 Å². The topological polar surface area (TPSA) is 6.48 Å². The summed E-state index contributed by atoms with van der Waals surface area (Å²) in [6.45, 7) is 15.1. The SMILES string of the molecule is CCC1CN(CC)CCN1Cc1cccc(C(C)C)c1. The number of rotatable bonds is 5. The number of hydrogen-bond donors (Lipinski definition) is 0. The van der Waals surface area contributed by atoms with E-state index in [0.29, 0.717) is 12.0 Å². The Morgan fingerprint density at radius 2 is 2.00 bits per heavy atom. The molecule has 0 amide bonds. The Kier molecular flexibility index (Phi) is 5.62. The minimum Gasteiger partial charge on any atom is -0.301 e. The normalized spacial score (nSPS) is 21.6. The van der Waals surface area contributed by atoms with Crippen LogP contribution in [0.3, 0.4) is 0 Å². The van der Waals surface area contributed by atoms with Crippen LogP contribution in [-0.4, -0.2) is 42.0 Å². The average Bonchev–Trinajstić information content (AvgIpc) is 2.48. The minimum absolute atomic E-state index is 0.619. The van der Waals surface area contributed by atoms with Gasteiger partial charge in [0, 0.05) is 32.2 Å². The zero-order chi connectivity index (χ0) is 14.5. The fourth-order valence-electron chi connectivity index (χ4n) is 3.13. The van der Waals surface area contributed by atoms with Gasteiger partial charge >= 0.3 is 0 Å². The van der Waals surface area contributed by atoms with E-state index in [2.05, 4.69) is 61.8 Å². The molecule has 1 aliphatic heterocycles. The molecule has 0 aromatic heterocycles. The van der Waals surface area contributed by atoms with E-state index in [-0.39, 0.29) is 0 Å². The Hall–Kier alpha value is -0.860. The van der Waals surface area contributed by atoms with E-state index in [1.54, 1.807) is 0 Å². The van der Waals surface area contributed by atoms with Crippen molar-refractivity contribution in [3.63, 3.8) is 0 Å². The first-order valence-electron chi connectivity index (χ1n) is 8.19. The van der Waals surface area contributed by atoms with Gasteiger partial charge in [-0.15, -0.1) is 0 Å². The maximum absolute atomic E-state index is 2.67. The second kappa shape index (κ2) is 7.24. The fraction of sp³-hybridized carbons (Fsp3) is 0.667. The molecular formula is C18H30N2. The molecule has 1 saturated heterocycles. The summed E-state index contributed by atoms with van der Waals surface area (Å²) in [6, 6.07) is 9.86. The summed E-state index contributed by atoms with van der Waals surface area (Å²) >= 11 is 0. The van der Waals surface area contributed by atoms with Gasteiger partial charge in [-0.25, -0.2) is 0 Å². The molecule has 1 unspecified atom stereocenters. The predicted molar refractivity (Wildman–Crippen MR) is 87.1 cm³/mol. The number of piperazine rings is 1. The van der Waals surface area contributed by atoms with Crippen LogP contribution in [-0.2, 0) is 6.54 Å². The molecule has 0 bridgehead atoms. The third-order valence-electron chi connectivity index (χ3n) is 4.61. The molecule has 0 saturated carbocycles. The summed E-state index contributed by atoms with van der Waals surface area (Å²) in [7, 11) is 0. The molecule has 1 aromatic rings. The minimum atomic E-state index is 0.619. The highest BCUT2D eigenvalue weighted by Crippen LogP contribution is 2.20. The van der Waals surface area contributed by atoms with Crippen LogP contribution in [0, 0.1) is 0 Å². The van der Waals surface area contributed by atoms with E-state index in [1.807, 2.05) is 0 Å². The maximum Gasteiger partial charge on any atom is 0.0237 e. The first kappa shape index (κ1) is 15.5. The van der Waals surface area contributed by atoms with Crippen molar-refractivity contribution in [1.82, 2.24) is 9.80 Å². The smallest absolute Gasteiger partial charge is 0.0237 e. The summed E-state index contributed by atoms with van der Waals surface area (Å²) in [5.74, 6) is 0.619. The molecule has 1 aliphatic rings. The van der Waals surface area contributed by atoms with Crippen LogP contribution in [0.5, 0.6) is 0 Å². The molecule has 0 N–H and O–H groups in total. The molecule has 0 spiro atoms. The predicted octanol–water partition coefficient (Wildman–Crippen LogP) is 3.73. The van der Waals surface area contributed by atoms with E-state index in [9.17, 15) is 0 Å². The van der Waals surface area contributed by atoms with Gasteiger partial charge in [0.1, 0.15) is 0 Å². The number of benzene rings is 1. The van der Waals surface area contributed by atoms with Gasteiger partial charge in [-0.3, -0.25) is 4.90 Å². The van der Waals surface area contributed by atoms with Crippen LogP contribution in [0.4, 0.5) is 0 Å². The largest absolute Gasteiger partial charge is 0.301 e. The highest BCUT2D eigenvalue weighted by Gasteiger charge is 2.24. The van der Waals surface area contributed by atoms with Crippen molar-refractivity contribution < 1.29 is 0 Å². The van der Waals surface area contributed by atoms with Gasteiger partial charge in [-0.1, -0.05) is 52.0 Å². The highest BCUT2D eigenvalue weighted by molar-refractivity contribution is 5.25. The molecule has 1 atom stereocenters. The van der Waals surface area contributed by atoms with Gasteiger partial charge in [0.05, 0.1) is 0 Å². The van der Waals surface area contributed by atoms with Crippen LogP contribution < -0.4 is 0 Å². The van der Waals surface area contributed by atoms with Gasteiger partial charge in [0.2, 0.25) is 0 Å². The van der Waals surface area contributed by atoms with Gasteiger partial charge in [0.15, 0.2) is 0 Å². The van der Waals surface area contributed by atoms with Crippen molar-refractivity contribution in [2.75, 3.05) is 26.2 Å². The second-order valence-corrected chi connectivity index (χ2v) is 6.33. The lowest BCUT2D eigenvalue weighted by molar-refractivity contribution is 0.0694. The number of nitrogens with zero attached hydrogens (tertiary/aromatic N) is 2. The van der Waals surface area contributed by atoms with E-state index in [0.717, 1.165) is 6.54 Å². The molecule has 0 radical (unpaired) electrons. The molecular weight excluding hydrogens is 244 g/mol. The maximum atomic E-state index is 2.67. The van der Waals surface area contributed by atoms with Crippen molar-refractivity contribution in [2.24, 2.45) is 0 Å². The van der Waals surface area contributed by atoms with Crippen LogP contribution in [0.25, 0.3) is 0 Å². The van der Waals surface area contributed by atoms with Crippen molar-refractivity contribution >= 4 is 0 Å². The Bertz CT molecular complexity index is 414. The first-order chi connectivity index (χ1) is 9.63. The molecule has 1 aromatic carbocycles. The lowest BCUT2D eigenvalue weighted by Crippen LogP contribution is -2.52. The summed E-state index contributed by atoms with van der Waals surface area (Å²) in [5, 5.41) is 0. The molecule has 1 heterocycles. The summed E-state index contributed by atoms with van der Waals surface area (Å²) in [6.07, 6.45) is 1.25. The van der Waals surface area contributed by atoms with Crippen LogP contribution in [0.2, 0.25) is 0 Å². The monoisotopic (exact) mass is 274 g/mol. The second-order valence-electron chi connectivity index (χ2n) is 6.33. The molecule has 2 rings (SSSR count). The van der Waals surface area contributed by atoms with Crippen molar-refractivity contribution in [1.29, 1.82) is 0 Å². The molecule has 1 fully saturated rings. The zero-order valence-corrected chi connectivity index (χ0v) is 13.6. The average molecular weight is 274 g/mol. The van der Waals surface area contributed by atoms with Crippen LogP contribution in [0.15, 0.2) is 24.3 Å². The lowest BCUT2D eigenvalue weighted by atomic mass is 10.00. The molecule has 0 aliphatic carbocycles. The van der Waals surface area contributed by atoms with Crippen molar-refractivity contribution in [3.8, 4) is 0 Å². The zero-order valence-electron chi connectivity index (χ0n) is 13.6. The Morgan fingerprint density at radius 3 is 2.65 bits per heavy atom. The highest BCUT2D eigenvalue weighted by atomic mass is 15.3. The quantitative estimate of drug-likeness (QED) is 0.807. The molecule has 2 heteroatoms. The lowest BCUT2D eigenvalue weighted by Gasteiger charge is -2.41. The van der Waals surface area contributed by atoms with Gasteiger partial charge in [-0.05, 0) is 30.0 Å². The van der Waals surface area contributed by atoms with E-state index < -0.39 is 0 Å². The van der Waals surface area contributed by atoms with E-state index >= 15 is 0 Å². The van der Waals surface area contributed by atoms with Gasteiger partial charge in [-0.2, -0.15) is 0 Å². The van der Waals surface area contributed by atoms with Crippen LogP contribution >= 0.6 is 0 Å². The first-order valence-corrected chi connectivity index (χ1v) is 8.19. The summed E-state index contributed by atoms with van der Waals surface area (Å²) < 4.78 is 0. The molecule has 20 heavy (non-hydrogen) atoms. The van der Waals surface area contributed by atoms with Crippen LogP contribution in [0.1, 0.15) is 51.2 Å². The third-order valence-corrected chi connectivity index (χ3v) is 4.61. The summed E-state index contributed by atoms with van der Waals surface area (Å²) in [4.78, 5) is 5.25. The van der Waals surface area contributed by atoms with Gasteiger partial charge in [0.25, 0.3) is 0 Å². The third kappa shape index (κ3) is 3.83. The van der Waals surface area contributed by atoms with E-state index in [4.69, 9.17) is 0 Å². The Morgan fingerprint density at radius 1 is 1.20 bits per heavy atom. The standard InChI is InChI=1S/C18H30N2/c1-5-18-14-19(6-2)10-11-20(18)13-16-8-7-9-17(12-16)15(3)4/h7-9,12,15,18H,5-6,10-11,13-14H2,1-4H3. The van der Waals surface area contributed by atoms with Crippen molar-refractivity contribution in [3.05, 3.63) is 35.4 Å². The van der Waals surface area contributed by atoms with E-state index in [1.165, 1.54) is 43.7 Å². The number of likely N-dealkylation sites (N-methyl/N-ethyl adjacent to an activating group) is 1. The molecule has 112 valence electrons. The fourth-order valence-corrected chi connectivity index (χ4v) is 3.13. The summed E-state index contributed by atoms with van der Waals surface area (Å²) in [5.41, 5.74) is 2.93. The molecule has 2 nitrogen and oxygen atoms in total. The van der Waals surface area contributed by atoms with Gasteiger partial charge < -0.3 is 4.90 Å².